The van der Waals surface area contributed by atoms with Crippen molar-refractivity contribution in [3.8, 4) is 0 Å². The number of amides is 1. The van der Waals surface area contributed by atoms with Crippen molar-refractivity contribution in [2.45, 2.75) is 32.4 Å². The predicted octanol–water partition coefficient (Wildman–Crippen LogP) is 1.15. The summed E-state index contributed by atoms with van der Waals surface area (Å²) in [7, 11) is 0. The van der Waals surface area contributed by atoms with Gasteiger partial charge in [0.1, 0.15) is 6.54 Å². The van der Waals surface area contributed by atoms with Gasteiger partial charge in [-0.2, -0.15) is 13.2 Å². The van der Waals surface area contributed by atoms with E-state index in [0.717, 1.165) is 0 Å². The Hall–Kier alpha value is -1.31. The molecule has 1 atom stereocenters. The summed E-state index contributed by atoms with van der Waals surface area (Å²) >= 11 is 0. The number of rotatable bonds is 9. The van der Waals surface area contributed by atoms with Crippen LogP contribution in [-0.4, -0.2) is 42.8 Å². The summed E-state index contributed by atoms with van der Waals surface area (Å²) in [5.74, 6) is -1.39. The fraction of sp³-hybridized carbons (Fsp3) is 0.818. The summed E-state index contributed by atoms with van der Waals surface area (Å²) in [5, 5.41) is 12.9. The Morgan fingerprint density at radius 1 is 1.26 bits per heavy atom. The van der Waals surface area contributed by atoms with E-state index < -0.39 is 24.6 Å². The second-order valence-electron chi connectivity index (χ2n) is 4.39. The zero-order chi connectivity index (χ0) is 14.9. The average Bonchev–Trinajstić information content (AvgIpc) is 2.28. The van der Waals surface area contributed by atoms with Crippen LogP contribution >= 0.6 is 0 Å². The highest BCUT2D eigenvalue weighted by atomic mass is 19.4. The van der Waals surface area contributed by atoms with Gasteiger partial charge < -0.3 is 15.7 Å². The molecule has 1 unspecified atom stereocenters. The highest BCUT2D eigenvalue weighted by Crippen LogP contribution is 2.12. The van der Waals surface area contributed by atoms with Crippen LogP contribution in [0.2, 0.25) is 0 Å². The molecule has 0 rings (SSSR count). The van der Waals surface area contributed by atoms with Gasteiger partial charge in [0.2, 0.25) is 5.91 Å². The molecule has 8 heteroatoms. The Morgan fingerprint density at radius 3 is 2.42 bits per heavy atom. The van der Waals surface area contributed by atoms with Crippen molar-refractivity contribution in [2.24, 2.45) is 5.92 Å². The topological polar surface area (TPSA) is 78.4 Å². The molecule has 0 bridgehead atoms. The third-order valence-electron chi connectivity index (χ3n) is 2.44. The number of halogens is 3. The first kappa shape index (κ1) is 17.7. The molecule has 0 aromatic rings. The molecule has 0 saturated heterocycles. The van der Waals surface area contributed by atoms with Crippen molar-refractivity contribution >= 4 is 11.9 Å². The van der Waals surface area contributed by atoms with Gasteiger partial charge in [-0.05, 0) is 25.3 Å². The zero-order valence-corrected chi connectivity index (χ0v) is 10.7. The standard InChI is InChI=1S/C11H19F3N2O3/c1-8(2-3-10(18)19)4-5-15-6-9(17)16-7-11(12,13)14/h8,15H,2-7H2,1H3,(H,16,17)(H,18,19). The second kappa shape index (κ2) is 8.73. The molecule has 19 heavy (non-hydrogen) atoms. The number of alkyl halides is 3. The van der Waals surface area contributed by atoms with Crippen LogP contribution in [0.5, 0.6) is 0 Å². The molecule has 3 N–H and O–H groups in total. The van der Waals surface area contributed by atoms with Gasteiger partial charge in [0.15, 0.2) is 0 Å². The molecule has 5 nitrogen and oxygen atoms in total. The Bertz CT molecular complexity index is 295. The molecule has 0 saturated carbocycles. The first-order valence-corrected chi connectivity index (χ1v) is 5.96. The minimum Gasteiger partial charge on any atom is -0.481 e. The lowest BCUT2D eigenvalue weighted by molar-refractivity contribution is -0.137. The fourth-order valence-electron chi connectivity index (χ4n) is 1.33. The molecule has 0 heterocycles. The van der Waals surface area contributed by atoms with E-state index in [9.17, 15) is 22.8 Å². The van der Waals surface area contributed by atoms with Crippen molar-refractivity contribution in [3.63, 3.8) is 0 Å². The number of hydrogen-bond donors (Lipinski definition) is 3. The number of carbonyl (C=O) groups is 2. The lowest BCUT2D eigenvalue weighted by Crippen LogP contribution is -2.39. The fourth-order valence-corrected chi connectivity index (χ4v) is 1.33. The van der Waals surface area contributed by atoms with Gasteiger partial charge in [-0.3, -0.25) is 9.59 Å². The molecule has 0 spiro atoms. The van der Waals surface area contributed by atoms with Crippen molar-refractivity contribution in [1.29, 1.82) is 0 Å². The molecule has 0 radical (unpaired) electrons. The van der Waals surface area contributed by atoms with Crippen molar-refractivity contribution in [1.82, 2.24) is 10.6 Å². The van der Waals surface area contributed by atoms with E-state index in [2.05, 4.69) is 5.32 Å². The van der Waals surface area contributed by atoms with Gasteiger partial charge in [-0.15, -0.1) is 0 Å². The lowest BCUT2D eigenvalue weighted by Gasteiger charge is -2.11. The molecule has 0 fully saturated rings. The molecule has 0 aromatic heterocycles. The van der Waals surface area contributed by atoms with Gasteiger partial charge in [0.25, 0.3) is 0 Å². The summed E-state index contributed by atoms with van der Waals surface area (Å²) in [6.07, 6.45) is -3.11. The van der Waals surface area contributed by atoms with Gasteiger partial charge in [0.05, 0.1) is 6.54 Å². The van der Waals surface area contributed by atoms with E-state index in [-0.39, 0.29) is 18.9 Å². The molecule has 0 aliphatic heterocycles. The van der Waals surface area contributed by atoms with Crippen molar-refractivity contribution in [2.75, 3.05) is 19.6 Å². The Balaban J connectivity index is 3.53. The third-order valence-corrected chi connectivity index (χ3v) is 2.44. The Labute approximate surface area is 109 Å². The lowest BCUT2D eigenvalue weighted by atomic mass is 10.0. The normalized spacial score (nSPS) is 13.1. The Kier molecular flexibility index (Phi) is 8.13. The molecular weight excluding hydrogens is 265 g/mol. The summed E-state index contributed by atoms with van der Waals surface area (Å²) in [6.45, 7) is 0.832. The summed E-state index contributed by atoms with van der Waals surface area (Å²) < 4.78 is 35.3. The predicted molar refractivity (Wildman–Crippen MR) is 62.6 cm³/mol. The smallest absolute Gasteiger partial charge is 0.405 e. The van der Waals surface area contributed by atoms with E-state index in [1.807, 2.05) is 6.92 Å². The van der Waals surface area contributed by atoms with Crippen LogP contribution in [0.4, 0.5) is 13.2 Å². The van der Waals surface area contributed by atoms with E-state index in [0.29, 0.717) is 19.4 Å². The summed E-state index contributed by atoms with van der Waals surface area (Å²) in [6, 6.07) is 0. The van der Waals surface area contributed by atoms with Crippen LogP contribution in [0.25, 0.3) is 0 Å². The van der Waals surface area contributed by atoms with Crippen LogP contribution in [-0.2, 0) is 9.59 Å². The molecule has 0 aromatic carbocycles. The van der Waals surface area contributed by atoms with Gasteiger partial charge in [0, 0.05) is 6.42 Å². The van der Waals surface area contributed by atoms with Crippen LogP contribution in [0.15, 0.2) is 0 Å². The largest absolute Gasteiger partial charge is 0.481 e. The number of nitrogens with one attached hydrogen (secondary N) is 2. The third kappa shape index (κ3) is 12.9. The van der Waals surface area contributed by atoms with Crippen LogP contribution in [0.3, 0.4) is 0 Å². The monoisotopic (exact) mass is 284 g/mol. The first-order chi connectivity index (χ1) is 8.70. The molecule has 0 aliphatic carbocycles. The van der Waals surface area contributed by atoms with Crippen LogP contribution in [0.1, 0.15) is 26.2 Å². The Morgan fingerprint density at radius 2 is 1.89 bits per heavy atom. The van der Waals surface area contributed by atoms with Crippen molar-refractivity contribution < 1.29 is 27.9 Å². The molecule has 1 amide bonds. The van der Waals surface area contributed by atoms with Gasteiger partial charge in [-0.25, -0.2) is 0 Å². The highest BCUT2D eigenvalue weighted by molar-refractivity contribution is 5.77. The summed E-state index contributed by atoms with van der Waals surface area (Å²) in [5.41, 5.74) is 0. The summed E-state index contributed by atoms with van der Waals surface area (Å²) in [4.78, 5) is 21.3. The maximum atomic E-state index is 11.8. The maximum absolute atomic E-state index is 11.8. The second-order valence-corrected chi connectivity index (χ2v) is 4.39. The van der Waals surface area contributed by atoms with Crippen LogP contribution < -0.4 is 10.6 Å². The molecular formula is C11H19F3N2O3. The van der Waals surface area contributed by atoms with E-state index >= 15 is 0 Å². The zero-order valence-electron chi connectivity index (χ0n) is 10.7. The van der Waals surface area contributed by atoms with Gasteiger partial charge in [-0.1, -0.05) is 6.92 Å². The average molecular weight is 284 g/mol. The minimum absolute atomic E-state index is 0.0905. The van der Waals surface area contributed by atoms with Crippen LogP contribution in [0, 0.1) is 5.92 Å². The maximum Gasteiger partial charge on any atom is 0.405 e. The van der Waals surface area contributed by atoms with Crippen molar-refractivity contribution in [3.05, 3.63) is 0 Å². The molecule has 0 aliphatic rings. The van der Waals surface area contributed by atoms with E-state index in [1.165, 1.54) is 0 Å². The number of aliphatic carboxylic acids is 1. The number of carbonyl (C=O) groups excluding carboxylic acids is 1. The number of carboxylic acids is 1. The quantitative estimate of drug-likeness (QED) is 0.555. The number of carboxylic acid groups (broad SMARTS) is 1. The van der Waals surface area contributed by atoms with E-state index in [4.69, 9.17) is 5.11 Å². The highest BCUT2D eigenvalue weighted by Gasteiger charge is 2.27. The van der Waals surface area contributed by atoms with E-state index in [1.54, 1.807) is 5.32 Å². The number of hydrogen-bond acceptors (Lipinski definition) is 3. The molecule has 112 valence electrons. The SMILES string of the molecule is CC(CCNCC(=O)NCC(F)(F)F)CCC(=O)O. The first-order valence-electron chi connectivity index (χ1n) is 5.96. The minimum atomic E-state index is -4.40. The van der Waals surface area contributed by atoms with Gasteiger partial charge >= 0.3 is 12.1 Å².